The monoisotopic (exact) mass is 335 g/mol. The van der Waals surface area contributed by atoms with E-state index < -0.39 is 9.84 Å². The van der Waals surface area contributed by atoms with Crippen LogP contribution in [0.15, 0.2) is 30.3 Å². The summed E-state index contributed by atoms with van der Waals surface area (Å²) in [6.45, 7) is 0.831. The number of benzene rings is 1. The molecule has 4 nitrogen and oxygen atoms in total. The summed E-state index contributed by atoms with van der Waals surface area (Å²) >= 11 is 0. The van der Waals surface area contributed by atoms with Crippen LogP contribution in [0.3, 0.4) is 0 Å². The van der Waals surface area contributed by atoms with Crippen molar-refractivity contribution in [3.63, 3.8) is 0 Å². The molecule has 2 aliphatic heterocycles. The molecule has 2 aliphatic rings. The molecule has 2 fully saturated rings. The third-order valence-electron chi connectivity index (χ3n) is 5.10. The molecule has 1 aromatic rings. The van der Waals surface area contributed by atoms with Crippen LogP contribution in [0.4, 0.5) is 0 Å². The van der Waals surface area contributed by atoms with Gasteiger partial charge in [-0.05, 0) is 43.6 Å². The van der Waals surface area contributed by atoms with Crippen LogP contribution in [-0.4, -0.2) is 43.3 Å². The average Bonchev–Trinajstić information content (AvgIpc) is 3.12. The Labute approximate surface area is 138 Å². The fourth-order valence-corrected chi connectivity index (χ4v) is 5.70. The van der Waals surface area contributed by atoms with Crippen molar-refractivity contribution in [3.8, 4) is 0 Å². The number of sulfone groups is 1. The molecule has 2 saturated heterocycles. The first-order valence-electron chi connectivity index (χ1n) is 8.57. The number of hydrogen-bond donors (Lipinski definition) is 0. The minimum absolute atomic E-state index is 0.0304. The first-order valence-corrected chi connectivity index (χ1v) is 10.4. The van der Waals surface area contributed by atoms with Crippen LogP contribution in [0, 0.1) is 5.92 Å². The normalized spacial score (nSPS) is 26.5. The van der Waals surface area contributed by atoms with Gasteiger partial charge in [-0.1, -0.05) is 30.3 Å². The van der Waals surface area contributed by atoms with Crippen molar-refractivity contribution in [2.75, 3.05) is 18.1 Å². The molecule has 23 heavy (non-hydrogen) atoms. The van der Waals surface area contributed by atoms with Crippen LogP contribution in [0.1, 0.15) is 37.7 Å². The lowest BCUT2D eigenvalue weighted by molar-refractivity contribution is -0.132. The number of aryl methyl sites for hydroxylation is 1. The summed E-state index contributed by atoms with van der Waals surface area (Å²) < 4.78 is 23.1. The first kappa shape index (κ1) is 16.5. The van der Waals surface area contributed by atoms with E-state index in [2.05, 4.69) is 12.1 Å². The molecule has 2 heterocycles. The minimum Gasteiger partial charge on any atom is -0.340 e. The quantitative estimate of drug-likeness (QED) is 0.830. The lowest BCUT2D eigenvalue weighted by atomic mass is 10.0. The van der Waals surface area contributed by atoms with E-state index in [0.717, 1.165) is 32.2 Å². The van der Waals surface area contributed by atoms with E-state index in [0.29, 0.717) is 18.9 Å². The van der Waals surface area contributed by atoms with E-state index in [1.165, 1.54) is 5.56 Å². The van der Waals surface area contributed by atoms with Crippen molar-refractivity contribution >= 4 is 15.7 Å². The minimum atomic E-state index is -2.90. The van der Waals surface area contributed by atoms with Crippen LogP contribution < -0.4 is 0 Å². The molecule has 5 heteroatoms. The van der Waals surface area contributed by atoms with Crippen LogP contribution >= 0.6 is 0 Å². The average molecular weight is 335 g/mol. The highest BCUT2D eigenvalue weighted by atomic mass is 32.2. The molecule has 126 valence electrons. The highest BCUT2D eigenvalue weighted by molar-refractivity contribution is 7.91. The number of nitrogens with zero attached hydrogens (tertiary/aromatic N) is 1. The Bertz CT molecular complexity index is 641. The Morgan fingerprint density at radius 2 is 1.96 bits per heavy atom. The van der Waals surface area contributed by atoms with Gasteiger partial charge in [0.25, 0.3) is 0 Å². The fraction of sp³-hybridized carbons (Fsp3) is 0.611. The SMILES string of the molecule is O=C(CC1CCS(=O)(=O)C1)N1CCCC1CCc1ccccc1. The number of carbonyl (C=O) groups is 1. The maximum absolute atomic E-state index is 12.6. The van der Waals surface area contributed by atoms with Gasteiger partial charge in [0.15, 0.2) is 9.84 Å². The van der Waals surface area contributed by atoms with Gasteiger partial charge in [0.05, 0.1) is 11.5 Å². The van der Waals surface area contributed by atoms with Crippen molar-refractivity contribution in [1.29, 1.82) is 0 Å². The summed E-state index contributed by atoms with van der Waals surface area (Å²) in [5.74, 6) is 0.634. The third kappa shape index (κ3) is 4.34. The zero-order chi connectivity index (χ0) is 16.3. The van der Waals surface area contributed by atoms with Crippen molar-refractivity contribution in [2.45, 2.75) is 44.6 Å². The topological polar surface area (TPSA) is 54.5 Å². The summed E-state index contributed by atoms with van der Waals surface area (Å²) in [6.07, 6.45) is 5.18. The molecule has 0 N–H and O–H groups in total. The second kappa shape index (κ2) is 7.04. The summed E-state index contributed by atoms with van der Waals surface area (Å²) in [4.78, 5) is 14.6. The highest BCUT2D eigenvalue weighted by Gasteiger charge is 2.33. The molecule has 0 bridgehead atoms. The van der Waals surface area contributed by atoms with E-state index in [1.807, 2.05) is 23.1 Å². The summed E-state index contributed by atoms with van der Waals surface area (Å²) in [7, 11) is -2.90. The second-order valence-electron chi connectivity index (χ2n) is 6.88. The molecular formula is C18H25NO3S. The smallest absolute Gasteiger partial charge is 0.223 e. The zero-order valence-corrected chi connectivity index (χ0v) is 14.3. The van der Waals surface area contributed by atoms with E-state index in [-0.39, 0.29) is 23.3 Å². The van der Waals surface area contributed by atoms with Gasteiger partial charge in [-0.2, -0.15) is 0 Å². The first-order chi connectivity index (χ1) is 11.0. The maximum Gasteiger partial charge on any atom is 0.223 e. The van der Waals surface area contributed by atoms with Gasteiger partial charge in [0, 0.05) is 19.0 Å². The Hall–Kier alpha value is -1.36. The van der Waals surface area contributed by atoms with Crippen molar-refractivity contribution in [3.05, 3.63) is 35.9 Å². The number of rotatable bonds is 5. The van der Waals surface area contributed by atoms with Crippen LogP contribution in [0.2, 0.25) is 0 Å². The lowest BCUT2D eigenvalue weighted by Gasteiger charge is -2.26. The molecule has 0 spiro atoms. The van der Waals surface area contributed by atoms with Crippen molar-refractivity contribution in [1.82, 2.24) is 4.90 Å². The molecule has 0 radical (unpaired) electrons. The van der Waals surface area contributed by atoms with Crippen LogP contribution in [-0.2, 0) is 21.1 Å². The van der Waals surface area contributed by atoms with Gasteiger partial charge in [-0.3, -0.25) is 4.79 Å². The number of amides is 1. The van der Waals surface area contributed by atoms with Gasteiger partial charge in [-0.25, -0.2) is 8.42 Å². The number of likely N-dealkylation sites (tertiary alicyclic amines) is 1. The van der Waals surface area contributed by atoms with Gasteiger partial charge in [0.2, 0.25) is 5.91 Å². The predicted octanol–water partition coefficient (Wildman–Crippen LogP) is 2.44. The van der Waals surface area contributed by atoms with E-state index in [1.54, 1.807) is 0 Å². The molecule has 0 saturated carbocycles. The van der Waals surface area contributed by atoms with Crippen molar-refractivity contribution in [2.24, 2.45) is 5.92 Å². The lowest BCUT2D eigenvalue weighted by Crippen LogP contribution is -2.36. The number of hydrogen-bond acceptors (Lipinski definition) is 3. The highest BCUT2D eigenvalue weighted by Crippen LogP contribution is 2.27. The van der Waals surface area contributed by atoms with E-state index in [4.69, 9.17) is 0 Å². The summed E-state index contributed by atoms with van der Waals surface area (Å²) in [5, 5.41) is 0. The van der Waals surface area contributed by atoms with Crippen molar-refractivity contribution < 1.29 is 13.2 Å². The van der Waals surface area contributed by atoms with E-state index in [9.17, 15) is 13.2 Å². The molecule has 2 atom stereocenters. The maximum atomic E-state index is 12.6. The molecular weight excluding hydrogens is 310 g/mol. The van der Waals surface area contributed by atoms with Crippen LogP contribution in [0.25, 0.3) is 0 Å². The fourth-order valence-electron chi connectivity index (χ4n) is 3.84. The number of carbonyl (C=O) groups excluding carboxylic acids is 1. The molecule has 0 aliphatic carbocycles. The molecule has 0 aromatic heterocycles. The van der Waals surface area contributed by atoms with E-state index >= 15 is 0 Å². The molecule has 3 rings (SSSR count). The van der Waals surface area contributed by atoms with Crippen LogP contribution in [0.5, 0.6) is 0 Å². The van der Waals surface area contributed by atoms with Gasteiger partial charge >= 0.3 is 0 Å². The predicted molar refractivity (Wildman–Crippen MR) is 90.9 cm³/mol. The van der Waals surface area contributed by atoms with Gasteiger partial charge in [0.1, 0.15) is 0 Å². The van der Waals surface area contributed by atoms with Gasteiger partial charge in [-0.15, -0.1) is 0 Å². The largest absolute Gasteiger partial charge is 0.340 e. The standard InChI is InChI=1S/C18H25NO3S/c20-18(13-16-10-12-23(21,22)14-16)19-11-4-7-17(19)9-8-15-5-2-1-3-6-15/h1-3,5-6,16-17H,4,7-14H2. The third-order valence-corrected chi connectivity index (χ3v) is 6.93. The van der Waals surface area contributed by atoms with Gasteiger partial charge < -0.3 is 4.90 Å². The summed E-state index contributed by atoms with van der Waals surface area (Å²) in [5.41, 5.74) is 1.31. The molecule has 1 amide bonds. The Kier molecular flexibility index (Phi) is 5.05. The Balaban J connectivity index is 1.53. The molecule has 2 unspecified atom stereocenters. The Morgan fingerprint density at radius 1 is 1.17 bits per heavy atom. The molecule has 1 aromatic carbocycles. The zero-order valence-electron chi connectivity index (χ0n) is 13.5. The second-order valence-corrected chi connectivity index (χ2v) is 9.11. The Morgan fingerprint density at radius 3 is 2.65 bits per heavy atom. The summed E-state index contributed by atoms with van der Waals surface area (Å²) in [6, 6.07) is 10.7.